The molecule has 0 radical (unpaired) electrons. The Labute approximate surface area is 123 Å². The van der Waals surface area contributed by atoms with Gasteiger partial charge in [-0.05, 0) is 12.5 Å². The summed E-state index contributed by atoms with van der Waals surface area (Å²) in [5.74, 6) is -0.992. The summed E-state index contributed by atoms with van der Waals surface area (Å²) in [5, 5.41) is 19.2. The summed E-state index contributed by atoms with van der Waals surface area (Å²) in [7, 11) is 0. The number of nitro groups is 1. The highest BCUT2D eigenvalue weighted by Crippen LogP contribution is 2.22. The van der Waals surface area contributed by atoms with Crippen LogP contribution in [0, 0.1) is 28.4 Å². The predicted octanol–water partition coefficient (Wildman–Crippen LogP) is 2.82. The second-order valence-electron chi connectivity index (χ2n) is 4.51. The second-order valence-corrected chi connectivity index (χ2v) is 4.51. The van der Waals surface area contributed by atoms with Crippen LogP contribution in [0.15, 0.2) is 18.2 Å². The Bertz CT molecular complexity index is 623. The zero-order chi connectivity index (χ0) is 16.9. The first-order chi connectivity index (χ1) is 10.2. The van der Waals surface area contributed by atoms with Gasteiger partial charge in [0, 0.05) is 24.2 Å². The quantitative estimate of drug-likeness (QED) is 0.617. The SMILES string of the molecule is Cc1ccc([N+](=O)[O-])cc1C(=O)N(CCC#N)CC(F)(F)F. The number of carbonyl (C=O) groups is 1. The standard InChI is InChI=1S/C13H12F3N3O3/c1-9-3-4-10(19(21)22)7-11(9)12(20)18(6-2-5-17)8-13(14,15)16/h3-4,7H,2,6,8H2,1H3. The van der Waals surface area contributed by atoms with Crippen molar-refractivity contribution in [2.45, 2.75) is 19.5 Å². The Morgan fingerprint density at radius 1 is 1.45 bits per heavy atom. The average Bonchev–Trinajstić information content (AvgIpc) is 2.41. The van der Waals surface area contributed by atoms with E-state index in [0.29, 0.717) is 10.5 Å². The van der Waals surface area contributed by atoms with Gasteiger partial charge in [0.05, 0.1) is 17.4 Å². The smallest absolute Gasteiger partial charge is 0.328 e. The minimum absolute atomic E-state index is 0.184. The van der Waals surface area contributed by atoms with Crippen molar-refractivity contribution in [3.05, 3.63) is 39.4 Å². The molecule has 1 aromatic rings. The molecule has 9 heteroatoms. The van der Waals surface area contributed by atoms with E-state index in [9.17, 15) is 28.1 Å². The Morgan fingerprint density at radius 3 is 2.59 bits per heavy atom. The molecule has 1 amide bonds. The molecule has 0 saturated heterocycles. The van der Waals surface area contributed by atoms with Crippen molar-refractivity contribution in [1.82, 2.24) is 4.90 Å². The minimum Gasteiger partial charge on any atom is -0.328 e. The Balaban J connectivity index is 3.15. The molecule has 0 aliphatic rings. The molecule has 22 heavy (non-hydrogen) atoms. The molecule has 1 rings (SSSR count). The number of carbonyl (C=O) groups excluding carboxylic acids is 1. The van der Waals surface area contributed by atoms with Crippen LogP contribution in [-0.4, -0.2) is 35.0 Å². The number of nitro benzene ring substituents is 1. The van der Waals surface area contributed by atoms with E-state index in [-0.39, 0.29) is 17.7 Å². The number of hydrogen-bond acceptors (Lipinski definition) is 4. The van der Waals surface area contributed by atoms with Crippen molar-refractivity contribution in [2.75, 3.05) is 13.1 Å². The van der Waals surface area contributed by atoms with Gasteiger partial charge in [-0.25, -0.2) is 0 Å². The van der Waals surface area contributed by atoms with Gasteiger partial charge in [0.1, 0.15) is 6.54 Å². The number of alkyl halides is 3. The number of rotatable bonds is 5. The van der Waals surface area contributed by atoms with Crippen LogP contribution in [0.3, 0.4) is 0 Å². The van der Waals surface area contributed by atoms with Crippen molar-refractivity contribution < 1.29 is 22.9 Å². The predicted molar refractivity (Wildman–Crippen MR) is 70.0 cm³/mol. The number of nitriles is 1. The topological polar surface area (TPSA) is 87.2 Å². The number of nitrogens with zero attached hydrogens (tertiary/aromatic N) is 3. The Morgan fingerprint density at radius 2 is 2.09 bits per heavy atom. The molecule has 0 aliphatic heterocycles. The van der Waals surface area contributed by atoms with Crippen LogP contribution in [0.4, 0.5) is 18.9 Å². The molecule has 0 aromatic heterocycles. The monoisotopic (exact) mass is 315 g/mol. The maximum absolute atomic E-state index is 12.5. The van der Waals surface area contributed by atoms with E-state index in [0.717, 1.165) is 12.1 Å². The molecule has 0 heterocycles. The van der Waals surface area contributed by atoms with Crippen LogP contribution in [0.25, 0.3) is 0 Å². The lowest BCUT2D eigenvalue weighted by Crippen LogP contribution is -2.39. The van der Waals surface area contributed by atoms with Gasteiger partial charge in [-0.15, -0.1) is 0 Å². The maximum Gasteiger partial charge on any atom is 0.406 e. The van der Waals surface area contributed by atoms with Crippen LogP contribution >= 0.6 is 0 Å². The highest BCUT2D eigenvalue weighted by molar-refractivity contribution is 5.96. The fraction of sp³-hybridized carbons (Fsp3) is 0.385. The summed E-state index contributed by atoms with van der Waals surface area (Å²) < 4.78 is 37.6. The summed E-state index contributed by atoms with van der Waals surface area (Å²) in [4.78, 5) is 22.7. The molecule has 0 N–H and O–H groups in total. The van der Waals surface area contributed by atoms with Gasteiger partial charge in [0.25, 0.3) is 11.6 Å². The second kappa shape index (κ2) is 6.89. The Kier molecular flexibility index (Phi) is 5.45. The van der Waals surface area contributed by atoms with E-state index < -0.39 is 30.1 Å². The number of amides is 1. The highest BCUT2D eigenvalue weighted by atomic mass is 19.4. The lowest BCUT2D eigenvalue weighted by Gasteiger charge is -2.23. The summed E-state index contributed by atoms with van der Waals surface area (Å²) in [6, 6.07) is 5.06. The zero-order valence-corrected chi connectivity index (χ0v) is 11.6. The fourth-order valence-electron chi connectivity index (χ4n) is 1.78. The van der Waals surface area contributed by atoms with Gasteiger partial charge >= 0.3 is 6.18 Å². The molecule has 0 aliphatic carbocycles. The van der Waals surface area contributed by atoms with E-state index in [1.807, 2.05) is 0 Å². The zero-order valence-electron chi connectivity index (χ0n) is 11.6. The summed E-state index contributed by atoms with van der Waals surface area (Å²) in [6.07, 6.45) is -4.89. The van der Waals surface area contributed by atoms with Crippen LogP contribution in [0.1, 0.15) is 22.3 Å². The van der Waals surface area contributed by atoms with Crippen molar-refractivity contribution in [3.8, 4) is 6.07 Å². The number of benzene rings is 1. The normalized spacial score (nSPS) is 10.9. The van der Waals surface area contributed by atoms with Crippen LogP contribution in [-0.2, 0) is 0 Å². The third kappa shape index (κ3) is 4.73. The van der Waals surface area contributed by atoms with E-state index in [4.69, 9.17) is 5.26 Å². The molecular formula is C13H12F3N3O3. The van der Waals surface area contributed by atoms with Gasteiger partial charge in [-0.2, -0.15) is 18.4 Å². The van der Waals surface area contributed by atoms with Crippen LogP contribution in [0.2, 0.25) is 0 Å². The van der Waals surface area contributed by atoms with E-state index >= 15 is 0 Å². The molecule has 0 fully saturated rings. The van der Waals surface area contributed by atoms with Crippen molar-refractivity contribution in [1.29, 1.82) is 5.26 Å². The van der Waals surface area contributed by atoms with Crippen molar-refractivity contribution >= 4 is 11.6 Å². The van der Waals surface area contributed by atoms with Crippen LogP contribution in [0.5, 0.6) is 0 Å². The van der Waals surface area contributed by atoms with Gasteiger partial charge in [0.15, 0.2) is 0 Å². The first kappa shape index (κ1) is 17.4. The number of non-ortho nitro benzene ring substituents is 1. The third-order valence-electron chi connectivity index (χ3n) is 2.81. The van der Waals surface area contributed by atoms with Crippen molar-refractivity contribution in [3.63, 3.8) is 0 Å². The largest absolute Gasteiger partial charge is 0.406 e. The number of halogens is 3. The molecule has 118 valence electrons. The van der Waals surface area contributed by atoms with Crippen LogP contribution < -0.4 is 0 Å². The van der Waals surface area contributed by atoms with E-state index in [2.05, 4.69) is 0 Å². The fourth-order valence-corrected chi connectivity index (χ4v) is 1.78. The molecule has 0 bridgehead atoms. The lowest BCUT2D eigenvalue weighted by atomic mass is 10.1. The van der Waals surface area contributed by atoms with Gasteiger partial charge < -0.3 is 4.90 Å². The summed E-state index contributed by atoms with van der Waals surface area (Å²) >= 11 is 0. The van der Waals surface area contributed by atoms with Gasteiger partial charge in [-0.1, -0.05) is 6.07 Å². The van der Waals surface area contributed by atoms with Gasteiger partial charge in [0.2, 0.25) is 0 Å². The molecule has 0 unspecified atom stereocenters. The van der Waals surface area contributed by atoms with Gasteiger partial charge in [-0.3, -0.25) is 14.9 Å². The number of aryl methyl sites for hydroxylation is 1. The van der Waals surface area contributed by atoms with Crippen molar-refractivity contribution in [2.24, 2.45) is 0 Å². The molecule has 0 saturated carbocycles. The lowest BCUT2D eigenvalue weighted by molar-refractivity contribution is -0.384. The molecule has 6 nitrogen and oxygen atoms in total. The molecule has 1 aromatic carbocycles. The maximum atomic E-state index is 12.5. The first-order valence-corrected chi connectivity index (χ1v) is 6.13. The molecule has 0 spiro atoms. The summed E-state index contributed by atoms with van der Waals surface area (Å²) in [6.45, 7) is -0.459. The first-order valence-electron chi connectivity index (χ1n) is 6.13. The number of hydrogen-bond donors (Lipinski definition) is 0. The molecular weight excluding hydrogens is 303 g/mol. The summed E-state index contributed by atoms with van der Waals surface area (Å²) in [5.41, 5.74) is -0.252. The van der Waals surface area contributed by atoms with E-state index in [1.54, 1.807) is 6.07 Å². The molecule has 0 atom stereocenters. The highest BCUT2D eigenvalue weighted by Gasteiger charge is 2.33. The van der Waals surface area contributed by atoms with E-state index in [1.165, 1.54) is 13.0 Å². The third-order valence-corrected chi connectivity index (χ3v) is 2.81. The Hall–Kier alpha value is -2.63. The average molecular weight is 315 g/mol. The minimum atomic E-state index is -4.63.